The van der Waals surface area contributed by atoms with E-state index in [-0.39, 0.29) is 0 Å². The van der Waals surface area contributed by atoms with E-state index in [9.17, 15) is 0 Å². The standard InChI is InChI=1S/C15H9ClN4/c16-13-15-19-18-14(20(15)9-8-17-13)12-7-3-5-10-4-1-2-6-11(10)12/h1-9H. The van der Waals surface area contributed by atoms with Crippen molar-refractivity contribution in [2.75, 3.05) is 0 Å². The maximum atomic E-state index is 6.04. The van der Waals surface area contributed by atoms with Gasteiger partial charge < -0.3 is 0 Å². The van der Waals surface area contributed by atoms with Gasteiger partial charge in [-0.25, -0.2) is 4.98 Å². The molecular weight excluding hydrogens is 272 g/mol. The minimum absolute atomic E-state index is 0.353. The smallest absolute Gasteiger partial charge is 0.198 e. The minimum Gasteiger partial charge on any atom is -0.278 e. The highest BCUT2D eigenvalue weighted by Crippen LogP contribution is 2.28. The van der Waals surface area contributed by atoms with Crippen molar-refractivity contribution in [3.63, 3.8) is 0 Å². The SMILES string of the molecule is Clc1nccn2c(-c3cccc4ccccc34)nnc12. The molecule has 4 nitrogen and oxygen atoms in total. The van der Waals surface area contributed by atoms with Crippen molar-refractivity contribution in [1.82, 2.24) is 19.6 Å². The van der Waals surface area contributed by atoms with Crippen LogP contribution in [-0.4, -0.2) is 19.6 Å². The van der Waals surface area contributed by atoms with Gasteiger partial charge >= 0.3 is 0 Å². The lowest BCUT2D eigenvalue weighted by molar-refractivity contribution is 1.11. The van der Waals surface area contributed by atoms with Crippen molar-refractivity contribution in [3.8, 4) is 11.4 Å². The van der Waals surface area contributed by atoms with Gasteiger partial charge in [0, 0.05) is 18.0 Å². The van der Waals surface area contributed by atoms with Crippen LogP contribution in [0.25, 0.3) is 27.8 Å². The van der Waals surface area contributed by atoms with Crippen LogP contribution in [0.15, 0.2) is 54.9 Å². The summed E-state index contributed by atoms with van der Waals surface area (Å²) < 4.78 is 1.86. The number of rotatable bonds is 1. The van der Waals surface area contributed by atoms with Crippen molar-refractivity contribution in [2.45, 2.75) is 0 Å². The summed E-state index contributed by atoms with van der Waals surface area (Å²) in [7, 11) is 0. The molecule has 96 valence electrons. The highest BCUT2D eigenvalue weighted by Gasteiger charge is 2.12. The summed E-state index contributed by atoms with van der Waals surface area (Å²) in [5.74, 6) is 0.765. The highest BCUT2D eigenvalue weighted by molar-refractivity contribution is 6.32. The van der Waals surface area contributed by atoms with E-state index in [1.54, 1.807) is 6.20 Å². The van der Waals surface area contributed by atoms with Gasteiger partial charge in [0.25, 0.3) is 0 Å². The van der Waals surface area contributed by atoms with E-state index in [0.717, 1.165) is 16.8 Å². The van der Waals surface area contributed by atoms with Gasteiger partial charge in [-0.05, 0) is 10.8 Å². The Bertz CT molecular complexity index is 924. The molecule has 4 aromatic rings. The van der Waals surface area contributed by atoms with Gasteiger partial charge in [0.05, 0.1) is 0 Å². The molecule has 0 bridgehead atoms. The summed E-state index contributed by atoms with van der Waals surface area (Å²) in [5, 5.41) is 11.0. The topological polar surface area (TPSA) is 43.1 Å². The van der Waals surface area contributed by atoms with Gasteiger partial charge in [-0.2, -0.15) is 0 Å². The number of aromatic nitrogens is 4. The van der Waals surface area contributed by atoms with Crippen LogP contribution in [0.4, 0.5) is 0 Å². The first kappa shape index (κ1) is 11.4. The van der Waals surface area contributed by atoms with E-state index in [1.165, 1.54) is 5.39 Å². The third kappa shape index (κ3) is 1.58. The molecule has 0 radical (unpaired) electrons. The Kier molecular flexibility index (Phi) is 2.44. The fourth-order valence-corrected chi connectivity index (χ4v) is 2.59. The highest BCUT2D eigenvalue weighted by atomic mass is 35.5. The maximum absolute atomic E-state index is 6.04. The lowest BCUT2D eigenvalue weighted by Gasteiger charge is -2.05. The Morgan fingerprint density at radius 1 is 0.950 bits per heavy atom. The summed E-state index contributed by atoms with van der Waals surface area (Å²) >= 11 is 6.04. The first-order valence-corrected chi connectivity index (χ1v) is 6.56. The molecular formula is C15H9ClN4. The van der Waals surface area contributed by atoms with Gasteiger partial charge in [-0.3, -0.25) is 4.40 Å². The zero-order chi connectivity index (χ0) is 13.5. The van der Waals surface area contributed by atoms with E-state index in [1.807, 2.05) is 34.9 Å². The quantitative estimate of drug-likeness (QED) is 0.535. The lowest BCUT2D eigenvalue weighted by atomic mass is 10.0. The molecule has 0 unspecified atom stereocenters. The van der Waals surface area contributed by atoms with Crippen LogP contribution in [0.5, 0.6) is 0 Å². The molecule has 2 aromatic carbocycles. The van der Waals surface area contributed by atoms with Crippen molar-refractivity contribution < 1.29 is 0 Å². The van der Waals surface area contributed by atoms with Gasteiger partial charge in [0.1, 0.15) is 0 Å². The number of nitrogens with zero attached hydrogens (tertiary/aromatic N) is 4. The molecule has 0 aliphatic carbocycles. The van der Waals surface area contributed by atoms with Crippen LogP contribution in [-0.2, 0) is 0 Å². The van der Waals surface area contributed by atoms with Gasteiger partial charge in [-0.1, -0.05) is 54.1 Å². The van der Waals surface area contributed by atoms with Crippen LogP contribution in [0.3, 0.4) is 0 Å². The molecule has 0 atom stereocenters. The van der Waals surface area contributed by atoms with E-state index in [0.29, 0.717) is 10.8 Å². The number of hydrogen-bond acceptors (Lipinski definition) is 3. The Labute approximate surface area is 119 Å². The molecule has 2 aromatic heterocycles. The Morgan fingerprint density at radius 2 is 1.80 bits per heavy atom. The average Bonchev–Trinajstić information content (AvgIpc) is 2.92. The number of fused-ring (bicyclic) bond motifs is 2. The van der Waals surface area contributed by atoms with Crippen LogP contribution in [0.2, 0.25) is 5.15 Å². The van der Waals surface area contributed by atoms with Gasteiger partial charge in [0.15, 0.2) is 16.6 Å². The molecule has 0 fully saturated rings. The fraction of sp³-hybridized carbons (Fsp3) is 0. The fourth-order valence-electron chi connectivity index (χ4n) is 2.40. The molecule has 4 rings (SSSR count). The normalized spacial score (nSPS) is 11.2. The molecule has 0 amide bonds. The Morgan fingerprint density at radius 3 is 2.75 bits per heavy atom. The van der Waals surface area contributed by atoms with Crippen LogP contribution in [0.1, 0.15) is 0 Å². The summed E-state index contributed by atoms with van der Waals surface area (Å²) in [4.78, 5) is 4.02. The van der Waals surface area contributed by atoms with Gasteiger partial charge in [0.2, 0.25) is 0 Å². The second kappa shape index (κ2) is 4.28. The third-order valence-corrected chi connectivity index (χ3v) is 3.58. The summed E-state index contributed by atoms with van der Waals surface area (Å²) in [5.41, 5.74) is 1.59. The van der Waals surface area contributed by atoms with Crippen molar-refractivity contribution in [2.24, 2.45) is 0 Å². The van der Waals surface area contributed by atoms with E-state index in [2.05, 4.69) is 33.4 Å². The largest absolute Gasteiger partial charge is 0.278 e. The summed E-state index contributed by atoms with van der Waals surface area (Å²) in [6.45, 7) is 0. The Hall–Kier alpha value is -2.46. The predicted octanol–water partition coefficient (Wildman–Crippen LogP) is 3.60. The van der Waals surface area contributed by atoms with E-state index < -0.39 is 0 Å². The van der Waals surface area contributed by atoms with Crippen molar-refractivity contribution >= 4 is 28.0 Å². The third-order valence-electron chi connectivity index (χ3n) is 3.31. The monoisotopic (exact) mass is 280 g/mol. The molecule has 0 aliphatic rings. The minimum atomic E-state index is 0.353. The van der Waals surface area contributed by atoms with Crippen LogP contribution in [0, 0.1) is 0 Å². The zero-order valence-electron chi connectivity index (χ0n) is 10.4. The van der Waals surface area contributed by atoms with E-state index >= 15 is 0 Å². The molecule has 0 N–H and O–H groups in total. The number of halogens is 1. The molecule has 0 saturated heterocycles. The van der Waals surface area contributed by atoms with Crippen LogP contribution >= 0.6 is 11.6 Å². The first-order chi connectivity index (χ1) is 9.84. The molecule has 0 aliphatic heterocycles. The molecule has 0 saturated carbocycles. The predicted molar refractivity (Wildman–Crippen MR) is 78.7 cm³/mol. The average molecular weight is 281 g/mol. The van der Waals surface area contributed by atoms with Crippen LogP contribution < -0.4 is 0 Å². The molecule has 20 heavy (non-hydrogen) atoms. The Balaban J connectivity index is 2.09. The van der Waals surface area contributed by atoms with E-state index in [4.69, 9.17) is 11.6 Å². The second-order valence-electron chi connectivity index (χ2n) is 4.46. The lowest BCUT2D eigenvalue weighted by Crippen LogP contribution is -1.91. The molecule has 0 spiro atoms. The zero-order valence-corrected chi connectivity index (χ0v) is 11.1. The van der Waals surface area contributed by atoms with Crippen molar-refractivity contribution in [1.29, 1.82) is 0 Å². The summed E-state index contributed by atoms with van der Waals surface area (Å²) in [6, 6.07) is 14.3. The maximum Gasteiger partial charge on any atom is 0.198 e. The van der Waals surface area contributed by atoms with Crippen molar-refractivity contribution in [3.05, 3.63) is 60.0 Å². The number of hydrogen-bond donors (Lipinski definition) is 0. The van der Waals surface area contributed by atoms with Gasteiger partial charge in [-0.15, -0.1) is 10.2 Å². The molecule has 5 heteroatoms. The number of benzene rings is 2. The second-order valence-corrected chi connectivity index (χ2v) is 4.82. The molecule has 2 heterocycles. The summed E-state index contributed by atoms with van der Waals surface area (Å²) in [6.07, 6.45) is 3.46. The first-order valence-electron chi connectivity index (χ1n) is 6.18.